The summed E-state index contributed by atoms with van der Waals surface area (Å²) in [4.78, 5) is 14.2. The van der Waals surface area contributed by atoms with Crippen molar-refractivity contribution in [3.05, 3.63) is 21.6 Å². The lowest BCUT2D eigenvalue weighted by Crippen LogP contribution is -2.38. The van der Waals surface area contributed by atoms with E-state index in [9.17, 15) is 4.79 Å². The van der Waals surface area contributed by atoms with Gasteiger partial charge in [0.15, 0.2) is 0 Å². The van der Waals surface area contributed by atoms with Crippen molar-refractivity contribution in [3.8, 4) is 0 Å². The van der Waals surface area contributed by atoms with Crippen molar-refractivity contribution in [1.82, 2.24) is 9.78 Å². The third kappa shape index (κ3) is 3.31. The summed E-state index contributed by atoms with van der Waals surface area (Å²) in [5, 5.41) is 13.1. The fraction of sp³-hybridized carbons (Fsp3) is 0.692. The zero-order valence-electron chi connectivity index (χ0n) is 11.5. The highest BCUT2D eigenvalue weighted by molar-refractivity contribution is 6.33. The number of hydrogen-bond donors (Lipinski definition) is 2. The second kappa shape index (κ2) is 7.06. The molecule has 1 aromatic rings. The number of nitrogens with two attached hydrogens (primary N) is 1. The van der Waals surface area contributed by atoms with Gasteiger partial charge in [0.05, 0.1) is 25.0 Å². The molecule has 2 heterocycles. The monoisotopic (exact) mass is 300 g/mol. The summed E-state index contributed by atoms with van der Waals surface area (Å²) in [7, 11) is 0. The number of rotatable bonds is 5. The van der Waals surface area contributed by atoms with E-state index in [4.69, 9.17) is 22.4 Å². The van der Waals surface area contributed by atoms with Gasteiger partial charge >= 0.3 is 0 Å². The average molecular weight is 301 g/mol. The first-order valence-electron chi connectivity index (χ1n) is 6.99. The Morgan fingerprint density at radius 2 is 2.35 bits per heavy atom. The second-order valence-electron chi connectivity index (χ2n) is 5.13. The molecule has 20 heavy (non-hydrogen) atoms. The summed E-state index contributed by atoms with van der Waals surface area (Å²) in [5.41, 5.74) is 5.96. The van der Waals surface area contributed by atoms with Gasteiger partial charge in [0.25, 0.3) is 5.56 Å². The van der Waals surface area contributed by atoms with Gasteiger partial charge in [0.1, 0.15) is 5.02 Å². The number of aliphatic hydroxyl groups excluding tert-OH is 1. The van der Waals surface area contributed by atoms with Gasteiger partial charge in [-0.2, -0.15) is 5.10 Å². The van der Waals surface area contributed by atoms with Gasteiger partial charge in [-0.3, -0.25) is 4.79 Å². The second-order valence-corrected chi connectivity index (χ2v) is 5.51. The minimum absolute atomic E-state index is 0.134. The van der Waals surface area contributed by atoms with Crippen molar-refractivity contribution in [2.45, 2.75) is 25.8 Å². The molecule has 1 fully saturated rings. The Kier molecular flexibility index (Phi) is 5.39. The topological polar surface area (TPSA) is 84.4 Å². The average Bonchev–Trinajstić information content (AvgIpc) is 2.45. The summed E-state index contributed by atoms with van der Waals surface area (Å²) < 4.78 is 1.19. The third-order valence-corrected chi connectivity index (χ3v) is 4.07. The molecule has 1 aliphatic heterocycles. The van der Waals surface area contributed by atoms with Crippen LogP contribution in [-0.2, 0) is 6.54 Å². The van der Waals surface area contributed by atoms with E-state index in [1.54, 1.807) is 6.20 Å². The SMILES string of the molecule is NCCC1CCCN(c2cnn(CCO)c(=O)c2Cl)C1. The highest BCUT2D eigenvalue weighted by Gasteiger charge is 2.22. The third-order valence-electron chi connectivity index (χ3n) is 3.71. The quantitative estimate of drug-likeness (QED) is 0.825. The molecule has 1 saturated heterocycles. The highest BCUT2D eigenvalue weighted by Crippen LogP contribution is 2.27. The first kappa shape index (κ1) is 15.3. The van der Waals surface area contributed by atoms with E-state index in [0.717, 1.165) is 25.9 Å². The minimum Gasteiger partial charge on any atom is -0.394 e. The number of aromatic nitrogens is 2. The molecule has 0 radical (unpaired) electrons. The standard InChI is InChI=1S/C13H21ClN4O2/c14-12-11(8-16-18(6-7-19)13(12)20)17-5-1-2-10(9-17)3-4-15/h8,10,19H,1-7,9,15H2. The number of halogens is 1. The Morgan fingerprint density at radius 3 is 3.05 bits per heavy atom. The van der Waals surface area contributed by atoms with Crippen LogP contribution in [0.1, 0.15) is 19.3 Å². The fourth-order valence-corrected chi connectivity index (χ4v) is 2.95. The van der Waals surface area contributed by atoms with Crippen LogP contribution in [0.3, 0.4) is 0 Å². The Bertz CT molecular complexity index is 504. The van der Waals surface area contributed by atoms with Gasteiger partial charge < -0.3 is 15.7 Å². The van der Waals surface area contributed by atoms with E-state index in [-0.39, 0.29) is 23.7 Å². The van der Waals surface area contributed by atoms with E-state index in [2.05, 4.69) is 10.00 Å². The van der Waals surface area contributed by atoms with Crippen molar-refractivity contribution in [1.29, 1.82) is 0 Å². The molecule has 0 aliphatic carbocycles. The predicted octanol–water partition coefficient (Wildman–Crippen LogP) is 0.454. The Labute approximate surface area is 123 Å². The first-order valence-corrected chi connectivity index (χ1v) is 7.36. The normalized spacial score (nSPS) is 19.4. The van der Waals surface area contributed by atoms with Crippen LogP contribution in [0.15, 0.2) is 11.0 Å². The molecule has 0 aromatic carbocycles. The van der Waals surface area contributed by atoms with E-state index < -0.39 is 0 Å². The molecule has 7 heteroatoms. The van der Waals surface area contributed by atoms with Crippen LogP contribution in [0.25, 0.3) is 0 Å². The number of aliphatic hydroxyl groups is 1. The van der Waals surface area contributed by atoms with Gasteiger partial charge in [0, 0.05) is 13.1 Å². The van der Waals surface area contributed by atoms with Gasteiger partial charge in [-0.05, 0) is 31.7 Å². The molecule has 0 bridgehead atoms. The molecule has 2 rings (SSSR count). The van der Waals surface area contributed by atoms with Crippen LogP contribution in [0.4, 0.5) is 5.69 Å². The van der Waals surface area contributed by atoms with Crippen molar-refractivity contribution < 1.29 is 5.11 Å². The smallest absolute Gasteiger partial charge is 0.287 e. The first-order chi connectivity index (χ1) is 9.67. The molecule has 112 valence electrons. The lowest BCUT2D eigenvalue weighted by Gasteiger charge is -2.34. The molecule has 6 nitrogen and oxygen atoms in total. The van der Waals surface area contributed by atoms with Crippen LogP contribution in [-0.4, -0.2) is 41.1 Å². The van der Waals surface area contributed by atoms with Gasteiger partial charge in [-0.15, -0.1) is 0 Å². The summed E-state index contributed by atoms with van der Waals surface area (Å²) >= 11 is 6.17. The zero-order chi connectivity index (χ0) is 14.5. The van der Waals surface area contributed by atoms with Crippen LogP contribution >= 0.6 is 11.6 Å². The number of hydrogen-bond acceptors (Lipinski definition) is 5. The molecule has 1 unspecified atom stereocenters. The van der Waals surface area contributed by atoms with E-state index in [1.165, 1.54) is 11.1 Å². The summed E-state index contributed by atoms with van der Waals surface area (Å²) in [6, 6.07) is 0. The molecule has 3 N–H and O–H groups in total. The molecule has 1 aromatic heterocycles. The highest BCUT2D eigenvalue weighted by atomic mass is 35.5. The van der Waals surface area contributed by atoms with Crippen LogP contribution in [0.5, 0.6) is 0 Å². The molecule has 0 saturated carbocycles. The van der Waals surface area contributed by atoms with E-state index in [1.807, 2.05) is 0 Å². The molecule has 0 amide bonds. The largest absolute Gasteiger partial charge is 0.394 e. The molecule has 0 spiro atoms. The van der Waals surface area contributed by atoms with Crippen molar-refractivity contribution in [2.75, 3.05) is 31.1 Å². The fourth-order valence-electron chi connectivity index (χ4n) is 2.69. The van der Waals surface area contributed by atoms with E-state index >= 15 is 0 Å². The zero-order valence-corrected chi connectivity index (χ0v) is 12.2. The van der Waals surface area contributed by atoms with Crippen molar-refractivity contribution in [3.63, 3.8) is 0 Å². The van der Waals surface area contributed by atoms with Crippen molar-refractivity contribution in [2.24, 2.45) is 11.7 Å². The van der Waals surface area contributed by atoms with Gasteiger partial charge in [-0.1, -0.05) is 11.6 Å². The Balaban J connectivity index is 2.20. The van der Waals surface area contributed by atoms with Crippen LogP contribution in [0, 0.1) is 5.92 Å². The number of piperidine rings is 1. The molecular formula is C13H21ClN4O2. The van der Waals surface area contributed by atoms with E-state index in [0.29, 0.717) is 18.2 Å². The van der Waals surface area contributed by atoms with Crippen LogP contribution in [0.2, 0.25) is 5.02 Å². The number of anilines is 1. The molecule has 1 atom stereocenters. The Hall–Kier alpha value is -1.11. The summed E-state index contributed by atoms with van der Waals surface area (Å²) in [6.45, 7) is 2.45. The maximum Gasteiger partial charge on any atom is 0.287 e. The molecule has 1 aliphatic rings. The summed E-state index contributed by atoms with van der Waals surface area (Å²) in [6.07, 6.45) is 4.84. The number of nitrogens with zero attached hydrogens (tertiary/aromatic N) is 3. The maximum absolute atomic E-state index is 12.0. The van der Waals surface area contributed by atoms with Crippen LogP contribution < -0.4 is 16.2 Å². The van der Waals surface area contributed by atoms with Crippen molar-refractivity contribution >= 4 is 17.3 Å². The lowest BCUT2D eigenvalue weighted by atomic mass is 9.94. The summed E-state index contributed by atoms with van der Waals surface area (Å²) in [5.74, 6) is 0.546. The minimum atomic E-state index is -0.348. The predicted molar refractivity (Wildman–Crippen MR) is 79.2 cm³/mol. The molecular weight excluding hydrogens is 280 g/mol. The van der Waals surface area contributed by atoms with Gasteiger partial charge in [-0.25, -0.2) is 4.68 Å². The lowest BCUT2D eigenvalue weighted by molar-refractivity contribution is 0.266. The maximum atomic E-state index is 12.0. The Morgan fingerprint density at radius 1 is 1.55 bits per heavy atom. The van der Waals surface area contributed by atoms with Gasteiger partial charge in [0.2, 0.25) is 0 Å².